The van der Waals surface area contributed by atoms with Gasteiger partial charge in [0.15, 0.2) is 11.3 Å². The highest BCUT2D eigenvalue weighted by Gasteiger charge is 2.36. The number of nitrogens with one attached hydrogen (secondary N) is 1. The molecule has 0 amide bonds. The van der Waals surface area contributed by atoms with Crippen LogP contribution in [0.1, 0.15) is 12.5 Å². The number of allylic oxidation sites excluding steroid dienone is 1. The summed E-state index contributed by atoms with van der Waals surface area (Å²) in [6.07, 6.45) is 5.09. The van der Waals surface area contributed by atoms with Gasteiger partial charge in [0.2, 0.25) is 11.7 Å². The van der Waals surface area contributed by atoms with E-state index in [0.717, 1.165) is 16.3 Å². The molecule has 1 aliphatic heterocycles. The zero-order valence-electron chi connectivity index (χ0n) is 15.7. The van der Waals surface area contributed by atoms with Crippen molar-refractivity contribution in [2.24, 2.45) is 0 Å². The first kappa shape index (κ1) is 18.4. The molecular weight excluding hydrogens is 368 g/mol. The van der Waals surface area contributed by atoms with E-state index in [1.807, 2.05) is 54.6 Å². The molecule has 4 rings (SSSR count). The average molecular weight is 386 g/mol. The molecule has 2 heterocycles. The number of ketones is 1. The molecule has 2 aromatic carbocycles. The van der Waals surface area contributed by atoms with Crippen molar-refractivity contribution < 1.29 is 19.1 Å². The van der Waals surface area contributed by atoms with Gasteiger partial charge >= 0.3 is 5.97 Å². The minimum atomic E-state index is -0.719. The van der Waals surface area contributed by atoms with Gasteiger partial charge in [-0.25, -0.2) is 4.79 Å². The van der Waals surface area contributed by atoms with Crippen LogP contribution >= 0.6 is 0 Å². The van der Waals surface area contributed by atoms with E-state index in [1.54, 1.807) is 25.4 Å². The van der Waals surface area contributed by atoms with Crippen LogP contribution in [0.25, 0.3) is 16.8 Å². The number of ether oxygens (including phenoxy) is 2. The first-order valence-electron chi connectivity index (χ1n) is 9.17. The molecule has 0 fully saturated rings. The number of hydrogen-bond acceptors (Lipinski definition) is 6. The summed E-state index contributed by atoms with van der Waals surface area (Å²) in [5.74, 6) is -1.11. The molecule has 1 N–H and O–H groups in total. The van der Waals surface area contributed by atoms with Crippen LogP contribution in [0.15, 0.2) is 84.2 Å². The SMILES string of the molecule is CCOC(=O)C1=C(Nc2ccccc2)O/C(=C/c2ccc3cnccc3c2)C1=O. The summed E-state index contributed by atoms with van der Waals surface area (Å²) in [6.45, 7) is 1.84. The number of fused-ring (bicyclic) bond motifs is 1. The van der Waals surface area contributed by atoms with Gasteiger partial charge in [-0.05, 0) is 48.2 Å². The zero-order chi connectivity index (χ0) is 20.2. The van der Waals surface area contributed by atoms with Crippen LogP contribution in [0.4, 0.5) is 5.69 Å². The Bertz CT molecular complexity index is 1150. The van der Waals surface area contributed by atoms with E-state index in [1.165, 1.54) is 0 Å². The van der Waals surface area contributed by atoms with Crippen molar-refractivity contribution in [3.05, 3.63) is 89.8 Å². The number of esters is 1. The first-order chi connectivity index (χ1) is 14.2. The fourth-order valence-electron chi connectivity index (χ4n) is 3.00. The van der Waals surface area contributed by atoms with Crippen LogP contribution in [-0.4, -0.2) is 23.3 Å². The number of para-hydroxylation sites is 1. The largest absolute Gasteiger partial charge is 0.462 e. The van der Waals surface area contributed by atoms with Crippen molar-refractivity contribution in [1.29, 1.82) is 0 Å². The van der Waals surface area contributed by atoms with Gasteiger partial charge < -0.3 is 14.8 Å². The number of carbonyl (C=O) groups excluding carboxylic acids is 2. The standard InChI is InChI=1S/C23H18N2O4/c1-2-28-23(27)20-21(26)19(29-22(20)25-18-6-4-3-5-7-18)13-15-8-9-17-14-24-11-10-16(17)12-15/h3-14,25H,2H2,1H3/b19-13+. The van der Waals surface area contributed by atoms with Gasteiger partial charge in [0.25, 0.3) is 0 Å². The van der Waals surface area contributed by atoms with Crippen LogP contribution in [0.5, 0.6) is 0 Å². The summed E-state index contributed by atoms with van der Waals surface area (Å²) in [6, 6.07) is 16.7. The minimum absolute atomic E-state index is 0.0555. The zero-order valence-corrected chi connectivity index (χ0v) is 15.7. The minimum Gasteiger partial charge on any atom is -0.462 e. The van der Waals surface area contributed by atoms with Crippen molar-refractivity contribution in [2.45, 2.75) is 6.92 Å². The van der Waals surface area contributed by atoms with Gasteiger partial charge in [0.1, 0.15) is 0 Å². The number of hydrogen-bond donors (Lipinski definition) is 1. The van der Waals surface area contributed by atoms with E-state index in [0.29, 0.717) is 5.69 Å². The van der Waals surface area contributed by atoms with E-state index >= 15 is 0 Å². The second kappa shape index (κ2) is 7.98. The van der Waals surface area contributed by atoms with Gasteiger partial charge in [-0.15, -0.1) is 0 Å². The van der Waals surface area contributed by atoms with Gasteiger partial charge in [0, 0.05) is 23.5 Å². The topological polar surface area (TPSA) is 77.5 Å². The van der Waals surface area contributed by atoms with E-state index < -0.39 is 11.8 Å². The molecular formula is C23H18N2O4. The van der Waals surface area contributed by atoms with E-state index in [9.17, 15) is 9.59 Å². The Kier molecular flexibility index (Phi) is 5.07. The quantitative estimate of drug-likeness (QED) is 0.405. The lowest BCUT2D eigenvalue weighted by Crippen LogP contribution is -2.16. The van der Waals surface area contributed by atoms with Crippen LogP contribution in [-0.2, 0) is 19.1 Å². The summed E-state index contributed by atoms with van der Waals surface area (Å²) in [5.41, 5.74) is 1.32. The Morgan fingerprint density at radius 3 is 2.76 bits per heavy atom. The Morgan fingerprint density at radius 2 is 1.97 bits per heavy atom. The fraction of sp³-hybridized carbons (Fsp3) is 0.0870. The number of benzene rings is 2. The summed E-state index contributed by atoms with van der Waals surface area (Å²) in [4.78, 5) is 29.4. The van der Waals surface area contributed by atoms with Crippen molar-refractivity contribution in [3.63, 3.8) is 0 Å². The molecule has 0 aliphatic carbocycles. The Balaban J connectivity index is 1.68. The second-order valence-electron chi connectivity index (χ2n) is 6.34. The number of rotatable bonds is 5. The predicted octanol–water partition coefficient (Wildman–Crippen LogP) is 4.06. The third kappa shape index (κ3) is 3.87. The van der Waals surface area contributed by atoms with Crippen molar-refractivity contribution >= 4 is 34.3 Å². The summed E-state index contributed by atoms with van der Waals surface area (Å²) >= 11 is 0. The molecule has 144 valence electrons. The van der Waals surface area contributed by atoms with Crippen LogP contribution in [0.3, 0.4) is 0 Å². The number of nitrogens with zero attached hydrogens (tertiary/aromatic N) is 1. The number of pyridine rings is 1. The highest BCUT2D eigenvalue weighted by molar-refractivity contribution is 6.26. The third-order valence-corrected chi connectivity index (χ3v) is 4.36. The lowest BCUT2D eigenvalue weighted by Gasteiger charge is -2.08. The molecule has 0 spiro atoms. The summed E-state index contributed by atoms with van der Waals surface area (Å²) in [7, 11) is 0. The molecule has 0 radical (unpaired) electrons. The van der Waals surface area contributed by atoms with E-state index in [2.05, 4.69) is 10.3 Å². The monoisotopic (exact) mass is 386 g/mol. The molecule has 1 aromatic heterocycles. The van der Waals surface area contributed by atoms with Crippen LogP contribution < -0.4 is 5.32 Å². The van der Waals surface area contributed by atoms with E-state index in [-0.39, 0.29) is 23.8 Å². The van der Waals surface area contributed by atoms with Gasteiger partial charge in [0.05, 0.1) is 6.61 Å². The molecule has 29 heavy (non-hydrogen) atoms. The second-order valence-corrected chi connectivity index (χ2v) is 6.34. The number of aromatic nitrogens is 1. The number of carbonyl (C=O) groups is 2. The third-order valence-electron chi connectivity index (χ3n) is 4.36. The Hall–Kier alpha value is -3.93. The maximum Gasteiger partial charge on any atom is 0.347 e. The molecule has 0 saturated carbocycles. The fourth-order valence-corrected chi connectivity index (χ4v) is 3.00. The predicted molar refractivity (Wildman–Crippen MR) is 110 cm³/mol. The van der Waals surface area contributed by atoms with Crippen LogP contribution in [0.2, 0.25) is 0 Å². The van der Waals surface area contributed by atoms with Crippen LogP contribution in [0, 0.1) is 0 Å². The van der Waals surface area contributed by atoms with Crippen molar-refractivity contribution in [3.8, 4) is 0 Å². The molecule has 3 aromatic rings. The van der Waals surface area contributed by atoms with Gasteiger partial charge in [-0.3, -0.25) is 9.78 Å². The van der Waals surface area contributed by atoms with Gasteiger partial charge in [-0.2, -0.15) is 0 Å². The normalized spacial score (nSPS) is 14.9. The maximum atomic E-state index is 12.9. The molecule has 0 bridgehead atoms. The molecule has 0 saturated heterocycles. The summed E-state index contributed by atoms with van der Waals surface area (Å²) < 4.78 is 10.8. The van der Waals surface area contributed by atoms with Gasteiger partial charge in [-0.1, -0.05) is 30.3 Å². The molecule has 6 heteroatoms. The summed E-state index contributed by atoms with van der Waals surface area (Å²) in [5, 5.41) is 4.97. The molecule has 0 atom stereocenters. The van der Waals surface area contributed by atoms with Crippen molar-refractivity contribution in [1.82, 2.24) is 4.98 Å². The lowest BCUT2D eigenvalue weighted by atomic mass is 10.1. The molecule has 6 nitrogen and oxygen atoms in total. The smallest absolute Gasteiger partial charge is 0.347 e. The highest BCUT2D eigenvalue weighted by Crippen LogP contribution is 2.29. The first-order valence-corrected chi connectivity index (χ1v) is 9.17. The molecule has 1 aliphatic rings. The molecule has 0 unspecified atom stereocenters. The maximum absolute atomic E-state index is 12.9. The van der Waals surface area contributed by atoms with E-state index in [4.69, 9.17) is 9.47 Å². The Morgan fingerprint density at radius 1 is 1.14 bits per heavy atom. The average Bonchev–Trinajstić information content (AvgIpc) is 3.03. The number of Topliss-reactive ketones (excluding diaryl/α,β-unsaturated/α-hetero) is 1. The highest BCUT2D eigenvalue weighted by atomic mass is 16.5. The van der Waals surface area contributed by atoms with Crippen molar-refractivity contribution in [2.75, 3.05) is 11.9 Å². The lowest BCUT2D eigenvalue weighted by molar-refractivity contribution is -0.139. The Labute approximate surface area is 167 Å². The number of anilines is 1.